The van der Waals surface area contributed by atoms with E-state index in [4.69, 9.17) is 0 Å². The number of anilines is 1. The molecule has 0 aliphatic carbocycles. The zero-order valence-corrected chi connectivity index (χ0v) is 13.7. The van der Waals surface area contributed by atoms with Crippen LogP contribution in [0.4, 0.5) is 10.5 Å². The maximum Gasteiger partial charge on any atom is 0.321 e. The molecule has 0 atom stereocenters. The number of pyridine rings is 1. The van der Waals surface area contributed by atoms with Crippen molar-refractivity contribution < 1.29 is 4.79 Å². The van der Waals surface area contributed by atoms with E-state index in [1.807, 2.05) is 47.5 Å². The molecule has 4 rings (SSSR count). The van der Waals surface area contributed by atoms with Gasteiger partial charge in [-0.05, 0) is 30.2 Å². The van der Waals surface area contributed by atoms with E-state index in [1.165, 1.54) is 5.56 Å². The van der Waals surface area contributed by atoms with Gasteiger partial charge in [0, 0.05) is 56.2 Å². The average molecular weight is 322 g/mol. The van der Waals surface area contributed by atoms with Gasteiger partial charge in [-0.2, -0.15) is 0 Å². The molecule has 5 heteroatoms. The summed E-state index contributed by atoms with van der Waals surface area (Å²) in [4.78, 5) is 21.0. The van der Waals surface area contributed by atoms with Gasteiger partial charge < -0.3 is 10.2 Å². The molecule has 24 heavy (non-hydrogen) atoms. The largest absolute Gasteiger partial charge is 0.324 e. The first-order valence-corrected chi connectivity index (χ1v) is 8.45. The van der Waals surface area contributed by atoms with Crippen LogP contribution in [-0.2, 0) is 6.54 Å². The minimum atomic E-state index is 0.0174. The summed E-state index contributed by atoms with van der Waals surface area (Å²) in [5.74, 6) is 0. The minimum absolute atomic E-state index is 0.0174. The second-order valence-electron chi connectivity index (χ2n) is 6.97. The standard InChI is InChI=1S/C19H22N4O/c24-18(21-17-6-2-1-3-7-17)23-10-8-19(15-23)13-22(14-19)12-16-5-4-9-20-11-16/h1-7,9,11H,8,10,12-15H2,(H,21,24). The zero-order valence-electron chi connectivity index (χ0n) is 13.7. The first-order chi connectivity index (χ1) is 11.7. The Morgan fingerprint density at radius 3 is 2.71 bits per heavy atom. The summed E-state index contributed by atoms with van der Waals surface area (Å²) < 4.78 is 0. The summed E-state index contributed by atoms with van der Waals surface area (Å²) >= 11 is 0. The number of urea groups is 1. The summed E-state index contributed by atoms with van der Waals surface area (Å²) in [6.07, 6.45) is 4.83. The van der Waals surface area contributed by atoms with E-state index in [2.05, 4.69) is 21.3 Å². The van der Waals surface area contributed by atoms with E-state index in [0.29, 0.717) is 0 Å². The fourth-order valence-electron chi connectivity index (χ4n) is 3.85. The lowest BCUT2D eigenvalue weighted by Gasteiger charge is -2.48. The molecule has 0 radical (unpaired) electrons. The van der Waals surface area contributed by atoms with Crippen molar-refractivity contribution in [2.75, 3.05) is 31.5 Å². The lowest BCUT2D eigenvalue weighted by molar-refractivity contribution is 0.00477. The number of aromatic nitrogens is 1. The van der Waals surface area contributed by atoms with Crippen LogP contribution < -0.4 is 5.32 Å². The number of para-hydroxylation sites is 1. The Balaban J connectivity index is 1.29. The van der Waals surface area contributed by atoms with Crippen LogP contribution >= 0.6 is 0 Å². The Hall–Kier alpha value is -2.40. The molecule has 0 bridgehead atoms. The van der Waals surface area contributed by atoms with Crippen LogP contribution in [-0.4, -0.2) is 47.0 Å². The van der Waals surface area contributed by atoms with Gasteiger partial charge in [0.1, 0.15) is 0 Å². The highest BCUT2D eigenvalue weighted by atomic mass is 16.2. The molecule has 0 saturated carbocycles. The lowest BCUT2D eigenvalue weighted by Crippen LogP contribution is -2.57. The second-order valence-corrected chi connectivity index (χ2v) is 6.97. The molecule has 0 unspecified atom stereocenters. The predicted molar refractivity (Wildman–Crippen MR) is 93.6 cm³/mol. The Morgan fingerprint density at radius 1 is 1.12 bits per heavy atom. The molecule has 1 N–H and O–H groups in total. The first kappa shape index (κ1) is 15.1. The van der Waals surface area contributed by atoms with Crippen molar-refractivity contribution in [3.63, 3.8) is 0 Å². The van der Waals surface area contributed by atoms with E-state index in [0.717, 1.165) is 44.8 Å². The summed E-state index contributed by atoms with van der Waals surface area (Å²) in [5, 5.41) is 2.99. The Kier molecular flexibility index (Phi) is 3.94. The van der Waals surface area contributed by atoms with E-state index in [-0.39, 0.29) is 11.4 Å². The monoisotopic (exact) mass is 322 g/mol. The van der Waals surface area contributed by atoms with Gasteiger partial charge in [-0.1, -0.05) is 24.3 Å². The predicted octanol–water partition coefficient (Wildman–Crippen LogP) is 2.82. The SMILES string of the molecule is O=C(Nc1ccccc1)N1CCC2(CN(Cc3cccnc3)C2)C1. The van der Waals surface area contributed by atoms with Gasteiger partial charge in [0.05, 0.1) is 0 Å². The number of likely N-dealkylation sites (tertiary alicyclic amines) is 2. The van der Waals surface area contributed by atoms with Crippen molar-refractivity contribution in [1.82, 2.24) is 14.8 Å². The van der Waals surface area contributed by atoms with Gasteiger partial charge in [0.25, 0.3) is 0 Å². The average Bonchev–Trinajstić information content (AvgIpc) is 3.02. The molecule has 2 aliphatic rings. The molecule has 3 heterocycles. The van der Waals surface area contributed by atoms with Crippen molar-refractivity contribution in [2.24, 2.45) is 5.41 Å². The summed E-state index contributed by atoms with van der Waals surface area (Å²) in [5.41, 5.74) is 2.40. The lowest BCUT2D eigenvalue weighted by atomic mass is 9.79. The molecule has 2 amide bonds. The van der Waals surface area contributed by atoms with Crippen molar-refractivity contribution in [2.45, 2.75) is 13.0 Å². The number of hydrogen-bond acceptors (Lipinski definition) is 3. The number of carbonyl (C=O) groups excluding carboxylic acids is 1. The molecule has 2 aliphatic heterocycles. The highest BCUT2D eigenvalue weighted by molar-refractivity contribution is 5.89. The van der Waals surface area contributed by atoms with Crippen LogP contribution in [0.25, 0.3) is 0 Å². The van der Waals surface area contributed by atoms with Crippen molar-refractivity contribution in [3.8, 4) is 0 Å². The summed E-state index contributed by atoms with van der Waals surface area (Å²) in [6.45, 7) is 4.79. The number of rotatable bonds is 3. The van der Waals surface area contributed by atoms with E-state index in [1.54, 1.807) is 6.20 Å². The Bertz CT molecular complexity index is 698. The number of benzene rings is 1. The molecule has 5 nitrogen and oxygen atoms in total. The van der Waals surface area contributed by atoms with Crippen LogP contribution in [0.1, 0.15) is 12.0 Å². The Labute approximate surface area is 142 Å². The molecular formula is C19H22N4O. The normalized spacial score (nSPS) is 19.2. The molecule has 124 valence electrons. The number of hydrogen-bond donors (Lipinski definition) is 1. The molecule has 2 saturated heterocycles. The van der Waals surface area contributed by atoms with Gasteiger partial charge in [0.15, 0.2) is 0 Å². The van der Waals surface area contributed by atoms with Gasteiger partial charge in [-0.3, -0.25) is 9.88 Å². The van der Waals surface area contributed by atoms with Gasteiger partial charge >= 0.3 is 6.03 Å². The van der Waals surface area contributed by atoms with Gasteiger partial charge in [-0.25, -0.2) is 4.79 Å². The van der Waals surface area contributed by atoms with Crippen LogP contribution in [0.15, 0.2) is 54.9 Å². The maximum atomic E-state index is 12.4. The third kappa shape index (κ3) is 3.12. The van der Waals surface area contributed by atoms with Gasteiger partial charge in [-0.15, -0.1) is 0 Å². The highest BCUT2D eigenvalue weighted by Gasteiger charge is 2.48. The second kappa shape index (κ2) is 6.24. The zero-order chi connectivity index (χ0) is 16.4. The molecule has 2 aromatic rings. The smallest absolute Gasteiger partial charge is 0.321 e. The Morgan fingerprint density at radius 2 is 1.96 bits per heavy atom. The van der Waals surface area contributed by atoms with E-state index < -0.39 is 0 Å². The number of nitrogens with one attached hydrogen (secondary N) is 1. The third-order valence-electron chi connectivity index (χ3n) is 5.00. The van der Waals surface area contributed by atoms with E-state index in [9.17, 15) is 4.79 Å². The van der Waals surface area contributed by atoms with Crippen LogP contribution in [0.5, 0.6) is 0 Å². The minimum Gasteiger partial charge on any atom is -0.324 e. The van der Waals surface area contributed by atoms with Crippen LogP contribution in [0, 0.1) is 5.41 Å². The number of amides is 2. The van der Waals surface area contributed by atoms with E-state index >= 15 is 0 Å². The molecule has 2 fully saturated rings. The maximum absolute atomic E-state index is 12.4. The molecular weight excluding hydrogens is 300 g/mol. The molecule has 1 spiro atoms. The number of carbonyl (C=O) groups is 1. The third-order valence-corrected chi connectivity index (χ3v) is 5.00. The van der Waals surface area contributed by atoms with Crippen molar-refractivity contribution in [3.05, 3.63) is 60.4 Å². The van der Waals surface area contributed by atoms with Crippen LogP contribution in [0.3, 0.4) is 0 Å². The van der Waals surface area contributed by atoms with Crippen LogP contribution in [0.2, 0.25) is 0 Å². The van der Waals surface area contributed by atoms with Crippen molar-refractivity contribution in [1.29, 1.82) is 0 Å². The fourth-order valence-corrected chi connectivity index (χ4v) is 3.85. The molecule has 1 aromatic heterocycles. The van der Waals surface area contributed by atoms with Crippen molar-refractivity contribution >= 4 is 11.7 Å². The number of nitrogens with zero attached hydrogens (tertiary/aromatic N) is 3. The highest BCUT2D eigenvalue weighted by Crippen LogP contribution is 2.40. The summed E-state index contributed by atoms with van der Waals surface area (Å²) in [6, 6.07) is 13.8. The topological polar surface area (TPSA) is 48.5 Å². The fraction of sp³-hybridized carbons (Fsp3) is 0.368. The molecule has 1 aromatic carbocycles. The summed E-state index contributed by atoms with van der Waals surface area (Å²) in [7, 11) is 0. The first-order valence-electron chi connectivity index (χ1n) is 8.45. The van der Waals surface area contributed by atoms with Gasteiger partial charge in [0.2, 0.25) is 0 Å². The quantitative estimate of drug-likeness (QED) is 0.945.